The average Bonchev–Trinajstić information content (AvgIpc) is 2.79. The number of aromatic hydroxyl groups is 1. The molecule has 0 bridgehead atoms. The van der Waals surface area contributed by atoms with Crippen molar-refractivity contribution in [2.45, 2.75) is 29.6 Å². The van der Waals surface area contributed by atoms with Crippen LogP contribution in [-0.2, 0) is 9.84 Å². The molecule has 0 aliphatic carbocycles. The number of carbonyl (C=O) groups is 1. The Morgan fingerprint density at radius 3 is 2.27 bits per heavy atom. The molecule has 0 saturated heterocycles. The second-order valence-corrected chi connectivity index (χ2v) is 9.83. The number of sulfone groups is 1. The first kappa shape index (κ1) is 22.3. The Morgan fingerprint density at radius 1 is 0.970 bits per heavy atom. The van der Waals surface area contributed by atoms with Crippen LogP contribution in [0.4, 0.5) is 5.69 Å². The van der Waals surface area contributed by atoms with Gasteiger partial charge in [0.1, 0.15) is 5.75 Å². The number of rotatable bonds is 5. The zero-order valence-corrected chi connectivity index (χ0v) is 18.8. The van der Waals surface area contributed by atoms with Crippen molar-refractivity contribution in [1.82, 2.24) is 4.98 Å². The molecule has 0 atom stereocenters. The molecular formula is C25H22N2O5S. The second kappa shape index (κ2) is 8.55. The number of anilines is 1. The van der Waals surface area contributed by atoms with E-state index in [1.165, 1.54) is 42.5 Å². The third kappa shape index (κ3) is 4.25. The minimum atomic E-state index is -4.24. The first-order chi connectivity index (χ1) is 15.7. The van der Waals surface area contributed by atoms with E-state index < -0.39 is 31.9 Å². The highest BCUT2D eigenvalue weighted by atomic mass is 32.2. The van der Waals surface area contributed by atoms with Crippen molar-refractivity contribution in [2.24, 2.45) is 0 Å². The first-order valence-electron chi connectivity index (χ1n) is 10.3. The van der Waals surface area contributed by atoms with Crippen LogP contribution >= 0.6 is 0 Å². The molecule has 0 radical (unpaired) electrons. The van der Waals surface area contributed by atoms with Gasteiger partial charge in [0.05, 0.1) is 10.4 Å². The zero-order valence-electron chi connectivity index (χ0n) is 18.0. The predicted octanol–water partition coefficient (Wildman–Crippen LogP) is 4.44. The van der Waals surface area contributed by atoms with Crippen LogP contribution in [0.15, 0.2) is 87.4 Å². The number of aromatic amines is 1. The summed E-state index contributed by atoms with van der Waals surface area (Å²) >= 11 is 0. The lowest BCUT2D eigenvalue weighted by Gasteiger charge is -2.11. The van der Waals surface area contributed by atoms with E-state index in [9.17, 15) is 23.1 Å². The molecule has 0 spiro atoms. The van der Waals surface area contributed by atoms with E-state index in [-0.39, 0.29) is 21.4 Å². The molecule has 0 aliphatic rings. The number of amides is 1. The first-order valence-corrected chi connectivity index (χ1v) is 11.8. The molecule has 1 heterocycles. The summed E-state index contributed by atoms with van der Waals surface area (Å²) in [5.74, 6) is -0.695. The van der Waals surface area contributed by atoms with Crippen LogP contribution in [0, 0.1) is 0 Å². The molecule has 3 N–H and O–H groups in total. The molecule has 1 amide bonds. The number of carbonyl (C=O) groups excluding carboxylic acids is 1. The summed E-state index contributed by atoms with van der Waals surface area (Å²) in [4.78, 5) is 27.0. The quantitative estimate of drug-likeness (QED) is 0.405. The summed E-state index contributed by atoms with van der Waals surface area (Å²) in [7, 11) is -4.24. The van der Waals surface area contributed by atoms with Crippen molar-refractivity contribution >= 4 is 32.3 Å². The molecule has 33 heavy (non-hydrogen) atoms. The predicted molar refractivity (Wildman–Crippen MR) is 127 cm³/mol. The molecule has 0 unspecified atom stereocenters. The van der Waals surface area contributed by atoms with Crippen molar-refractivity contribution in [3.05, 3.63) is 94.3 Å². The van der Waals surface area contributed by atoms with Crippen molar-refractivity contribution in [3.63, 3.8) is 0 Å². The van der Waals surface area contributed by atoms with Gasteiger partial charge in [-0.1, -0.05) is 44.2 Å². The van der Waals surface area contributed by atoms with Gasteiger partial charge in [0, 0.05) is 16.6 Å². The third-order valence-electron chi connectivity index (χ3n) is 5.36. The Bertz CT molecular complexity index is 1510. The van der Waals surface area contributed by atoms with Crippen molar-refractivity contribution in [3.8, 4) is 5.75 Å². The van der Waals surface area contributed by atoms with E-state index in [0.717, 1.165) is 5.56 Å². The van der Waals surface area contributed by atoms with Gasteiger partial charge in [-0.3, -0.25) is 9.59 Å². The lowest BCUT2D eigenvalue weighted by atomic mass is 10.0. The fourth-order valence-corrected chi connectivity index (χ4v) is 4.94. The van der Waals surface area contributed by atoms with Gasteiger partial charge >= 0.3 is 0 Å². The highest BCUT2D eigenvalue weighted by Crippen LogP contribution is 2.32. The van der Waals surface area contributed by atoms with E-state index in [0.29, 0.717) is 11.6 Å². The Hall–Kier alpha value is -3.91. The Morgan fingerprint density at radius 2 is 1.64 bits per heavy atom. The van der Waals surface area contributed by atoms with E-state index in [1.807, 2.05) is 24.3 Å². The van der Waals surface area contributed by atoms with Crippen molar-refractivity contribution < 1.29 is 18.3 Å². The number of H-pyrrole nitrogens is 1. The molecule has 168 valence electrons. The summed E-state index contributed by atoms with van der Waals surface area (Å²) in [5, 5.41) is 13.6. The van der Waals surface area contributed by atoms with Crippen molar-refractivity contribution in [2.75, 3.05) is 5.32 Å². The molecule has 4 aromatic rings. The summed E-state index contributed by atoms with van der Waals surface area (Å²) < 4.78 is 25.8. The van der Waals surface area contributed by atoms with Crippen LogP contribution in [0.5, 0.6) is 5.75 Å². The fraction of sp³-hybridized carbons (Fsp3) is 0.120. The summed E-state index contributed by atoms with van der Waals surface area (Å²) in [6, 6.07) is 19.1. The number of aromatic nitrogens is 1. The normalized spacial score (nSPS) is 11.6. The van der Waals surface area contributed by atoms with E-state index in [1.54, 1.807) is 6.07 Å². The van der Waals surface area contributed by atoms with Gasteiger partial charge in [-0.15, -0.1) is 0 Å². The van der Waals surface area contributed by atoms with Gasteiger partial charge in [-0.2, -0.15) is 0 Å². The molecule has 0 saturated carbocycles. The number of fused-ring (bicyclic) bond motifs is 1. The summed E-state index contributed by atoms with van der Waals surface area (Å²) in [6.07, 6.45) is 0. The van der Waals surface area contributed by atoms with Crippen LogP contribution in [0.1, 0.15) is 35.7 Å². The van der Waals surface area contributed by atoms with Crippen LogP contribution in [0.25, 0.3) is 10.9 Å². The fourth-order valence-electron chi connectivity index (χ4n) is 3.53. The van der Waals surface area contributed by atoms with Crippen LogP contribution in [-0.4, -0.2) is 24.4 Å². The van der Waals surface area contributed by atoms with Crippen LogP contribution < -0.4 is 10.9 Å². The molecule has 0 aliphatic heterocycles. The number of hydrogen-bond donors (Lipinski definition) is 3. The smallest absolute Gasteiger partial charge is 0.271 e. The molecule has 3 aromatic carbocycles. The summed E-state index contributed by atoms with van der Waals surface area (Å²) in [5.41, 5.74) is 1.18. The Labute approximate surface area is 190 Å². The molecule has 4 rings (SSSR count). The van der Waals surface area contributed by atoms with Gasteiger partial charge in [-0.05, 0) is 53.9 Å². The zero-order chi connectivity index (χ0) is 23.8. The van der Waals surface area contributed by atoms with Crippen LogP contribution in [0.3, 0.4) is 0 Å². The highest BCUT2D eigenvalue weighted by molar-refractivity contribution is 7.91. The minimum absolute atomic E-state index is 0.107. The maximum Gasteiger partial charge on any atom is 0.271 e. The molecule has 0 fully saturated rings. The standard InChI is InChI=1S/C25H22N2O5S/c1-15(2)16-8-11-18(12-9-16)26-24(29)17-10-13-20-21(14-17)27-25(30)23(22(20)28)33(31,32)19-6-4-3-5-7-19/h3-15H,1-2H3,(H,26,29)(H2,27,28,30). The number of benzene rings is 3. The molecule has 8 heteroatoms. The topological polar surface area (TPSA) is 116 Å². The van der Waals surface area contributed by atoms with Crippen molar-refractivity contribution in [1.29, 1.82) is 0 Å². The monoisotopic (exact) mass is 462 g/mol. The Kier molecular flexibility index (Phi) is 5.78. The number of hydrogen-bond acceptors (Lipinski definition) is 5. The molecular weight excluding hydrogens is 440 g/mol. The number of nitrogens with one attached hydrogen (secondary N) is 2. The Balaban J connectivity index is 1.70. The largest absolute Gasteiger partial charge is 0.506 e. The lowest BCUT2D eigenvalue weighted by Crippen LogP contribution is -2.18. The lowest BCUT2D eigenvalue weighted by molar-refractivity contribution is 0.102. The van der Waals surface area contributed by atoms with E-state index in [4.69, 9.17) is 0 Å². The van der Waals surface area contributed by atoms with Gasteiger partial charge < -0.3 is 15.4 Å². The maximum atomic E-state index is 12.9. The SMILES string of the molecule is CC(C)c1ccc(NC(=O)c2ccc3c(O)c(S(=O)(=O)c4ccccc4)c(=O)[nH]c3c2)cc1. The van der Waals surface area contributed by atoms with Gasteiger partial charge in [0.2, 0.25) is 9.84 Å². The van der Waals surface area contributed by atoms with E-state index >= 15 is 0 Å². The van der Waals surface area contributed by atoms with Gasteiger partial charge in [-0.25, -0.2) is 8.42 Å². The highest BCUT2D eigenvalue weighted by Gasteiger charge is 2.27. The maximum absolute atomic E-state index is 12.9. The van der Waals surface area contributed by atoms with Gasteiger partial charge in [0.25, 0.3) is 11.5 Å². The van der Waals surface area contributed by atoms with Gasteiger partial charge in [0.15, 0.2) is 4.90 Å². The minimum Gasteiger partial charge on any atom is -0.506 e. The summed E-state index contributed by atoms with van der Waals surface area (Å²) in [6.45, 7) is 4.16. The third-order valence-corrected chi connectivity index (χ3v) is 7.17. The average molecular weight is 463 g/mol. The molecule has 7 nitrogen and oxygen atoms in total. The second-order valence-electron chi connectivity index (χ2n) is 7.94. The van der Waals surface area contributed by atoms with E-state index in [2.05, 4.69) is 24.1 Å². The van der Waals surface area contributed by atoms with Crippen LogP contribution in [0.2, 0.25) is 0 Å². The molecule has 1 aromatic heterocycles. The number of pyridine rings is 1.